The van der Waals surface area contributed by atoms with Crippen molar-refractivity contribution in [3.63, 3.8) is 0 Å². The molecule has 2 aromatic rings. The molecule has 192 valence electrons. The monoisotopic (exact) mass is 504 g/mol. The molecule has 0 spiro atoms. The Morgan fingerprint density at radius 1 is 0.861 bits per heavy atom. The zero-order valence-corrected chi connectivity index (χ0v) is 20.4. The Kier molecular flexibility index (Phi) is 8.23. The molecular weight excluding hydrogens is 474 g/mol. The molecule has 0 nitrogen and oxygen atoms in total. The van der Waals surface area contributed by atoms with E-state index in [1.807, 2.05) is 0 Å². The summed E-state index contributed by atoms with van der Waals surface area (Å²) >= 11 is 0. The number of fused-ring (bicyclic) bond motifs is 2. The first-order valence-corrected chi connectivity index (χ1v) is 12.9. The van der Waals surface area contributed by atoms with E-state index in [0.717, 1.165) is 49.2 Å². The molecule has 4 unspecified atom stereocenters. The summed E-state index contributed by atoms with van der Waals surface area (Å²) in [6, 6.07) is 3.22. The average Bonchev–Trinajstić information content (AvgIpc) is 2.81. The number of hydrogen-bond donors (Lipinski definition) is 0. The van der Waals surface area contributed by atoms with E-state index in [4.69, 9.17) is 0 Å². The van der Waals surface area contributed by atoms with Crippen LogP contribution in [0.2, 0.25) is 0 Å². The van der Waals surface area contributed by atoms with Gasteiger partial charge in [0.05, 0.1) is 10.9 Å². The summed E-state index contributed by atoms with van der Waals surface area (Å²) in [5.74, 6) is 7.26. The zero-order chi connectivity index (χ0) is 25.9. The molecule has 4 atom stereocenters. The fourth-order valence-electron chi connectivity index (χ4n) is 5.98. The summed E-state index contributed by atoms with van der Waals surface area (Å²) in [5.41, 5.74) is -0.816. The standard InChI is InChI=1S/C30H30F6/c1-2-3-4-5-19-8-10-23-15-20(9-11-22(23)14-19)6-7-21-16-24-18-26(31)25(12-13-30(34,35)36)29(33)28(24)27(32)17-21/h16-20,22-23H,2-5,8-11,14-15H2,1H3. The first-order valence-electron chi connectivity index (χ1n) is 12.9. The number of hydrogen-bond acceptors (Lipinski definition) is 0. The molecule has 0 radical (unpaired) electrons. The Bertz CT molecular complexity index is 1220. The van der Waals surface area contributed by atoms with Crippen molar-refractivity contribution in [3.05, 3.63) is 46.8 Å². The fraction of sp³-hybridized carbons (Fsp3) is 0.533. The maximum absolute atomic E-state index is 14.7. The SMILES string of the molecule is CCCCCC1CCC2CC(C#Cc3cc(F)c4c(F)c(C#CC(F)(F)F)c(F)cc4c3)CCC2C1. The van der Waals surface area contributed by atoms with E-state index in [0.29, 0.717) is 5.92 Å². The van der Waals surface area contributed by atoms with Gasteiger partial charge in [-0.2, -0.15) is 13.2 Å². The molecule has 4 rings (SSSR count). The van der Waals surface area contributed by atoms with E-state index in [2.05, 4.69) is 18.8 Å². The number of unbranched alkanes of at least 4 members (excludes halogenated alkanes) is 2. The van der Waals surface area contributed by atoms with Gasteiger partial charge in [-0.05, 0) is 73.4 Å². The van der Waals surface area contributed by atoms with Gasteiger partial charge in [-0.3, -0.25) is 0 Å². The summed E-state index contributed by atoms with van der Waals surface area (Å²) in [5, 5.41) is -0.693. The fourth-order valence-corrected chi connectivity index (χ4v) is 5.98. The van der Waals surface area contributed by atoms with Crippen molar-refractivity contribution in [2.45, 2.75) is 77.3 Å². The van der Waals surface area contributed by atoms with Crippen LogP contribution in [0.15, 0.2) is 18.2 Å². The average molecular weight is 505 g/mol. The molecule has 0 bridgehead atoms. The molecule has 2 fully saturated rings. The van der Waals surface area contributed by atoms with E-state index < -0.39 is 34.6 Å². The largest absolute Gasteiger partial charge is 0.458 e. The van der Waals surface area contributed by atoms with Crippen LogP contribution in [0.25, 0.3) is 10.8 Å². The molecule has 2 aliphatic rings. The number of halogens is 6. The molecule has 0 N–H and O–H groups in total. The molecule has 0 aromatic heterocycles. The molecule has 2 aliphatic carbocycles. The van der Waals surface area contributed by atoms with Crippen LogP contribution in [-0.4, -0.2) is 6.18 Å². The normalized spacial score (nSPS) is 23.9. The lowest BCUT2D eigenvalue weighted by Crippen LogP contribution is -2.30. The maximum Gasteiger partial charge on any atom is 0.458 e. The van der Waals surface area contributed by atoms with Gasteiger partial charge >= 0.3 is 6.18 Å². The number of alkyl halides is 3. The van der Waals surface area contributed by atoms with Gasteiger partial charge in [-0.15, -0.1) is 0 Å². The second-order valence-electron chi connectivity index (χ2n) is 10.3. The third-order valence-electron chi connectivity index (χ3n) is 7.77. The van der Waals surface area contributed by atoms with Crippen molar-refractivity contribution in [2.24, 2.45) is 23.7 Å². The van der Waals surface area contributed by atoms with E-state index in [9.17, 15) is 26.3 Å². The van der Waals surface area contributed by atoms with Crippen LogP contribution in [0.4, 0.5) is 26.3 Å². The quantitative estimate of drug-likeness (QED) is 0.222. The highest BCUT2D eigenvalue weighted by Gasteiger charge is 2.34. The predicted octanol–water partition coefficient (Wildman–Crippen LogP) is 8.94. The highest BCUT2D eigenvalue weighted by molar-refractivity contribution is 5.87. The zero-order valence-electron chi connectivity index (χ0n) is 20.4. The molecule has 36 heavy (non-hydrogen) atoms. The Hall–Kier alpha value is -2.60. The molecule has 0 saturated heterocycles. The molecule has 2 saturated carbocycles. The minimum Gasteiger partial charge on any atom is -0.206 e. The lowest BCUT2D eigenvalue weighted by atomic mass is 9.64. The van der Waals surface area contributed by atoms with Crippen LogP contribution < -0.4 is 0 Å². The Morgan fingerprint density at radius 2 is 1.61 bits per heavy atom. The second-order valence-corrected chi connectivity index (χ2v) is 10.3. The van der Waals surface area contributed by atoms with Gasteiger partial charge < -0.3 is 0 Å². The van der Waals surface area contributed by atoms with Gasteiger partial charge in [0.15, 0.2) is 5.82 Å². The van der Waals surface area contributed by atoms with E-state index in [1.54, 1.807) is 0 Å². The van der Waals surface area contributed by atoms with Gasteiger partial charge in [0.2, 0.25) is 0 Å². The van der Waals surface area contributed by atoms with Gasteiger partial charge in [-0.25, -0.2) is 13.2 Å². The van der Waals surface area contributed by atoms with Gasteiger partial charge in [0, 0.05) is 17.4 Å². The minimum absolute atomic E-state index is 0.100. The van der Waals surface area contributed by atoms with E-state index in [-0.39, 0.29) is 16.9 Å². The summed E-state index contributed by atoms with van der Waals surface area (Å²) in [6.07, 6.45) is 7.32. The summed E-state index contributed by atoms with van der Waals surface area (Å²) in [7, 11) is 0. The molecular formula is C30H30F6. The third kappa shape index (κ3) is 6.39. The van der Waals surface area contributed by atoms with Gasteiger partial charge in [-0.1, -0.05) is 56.8 Å². The molecule has 0 amide bonds. The molecule has 2 aromatic carbocycles. The van der Waals surface area contributed by atoms with Crippen LogP contribution in [-0.2, 0) is 0 Å². The maximum atomic E-state index is 14.7. The lowest BCUT2D eigenvalue weighted by Gasteiger charge is -2.41. The summed E-state index contributed by atoms with van der Waals surface area (Å²) in [6.45, 7) is 2.23. The molecule has 6 heteroatoms. The summed E-state index contributed by atoms with van der Waals surface area (Å²) < 4.78 is 80.7. The van der Waals surface area contributed by atoms with Crippen LogP contribution >= 0.6 is 0 Å². The van der Waals surface area contributed by atoms with Crippen molar-refractivity contribution in [3.8, 4) is 23.7 Å². The lowest BCUT2D eigenvalue weighted by molar-refractivity contribution is -0.0696. The van der Waals surface area contributed by atoms with Gasteiger partial charge in [0.25, 0.3) is 0 Å². The molecule has 0 aliphatic heterocycles. The van der Waals surface area contributed by atoms with Crippen molar-refractivity contribution in [1.82, 2.24) is 0 Å². The van der Waals surface area contributed by atoms with Crippen molar-refractivity contribution < 1.29 is 26.3 Å². The predicted molar refractivity (Wildman–Crippen MR) is 129 cm³/mol. The summed E-state index contributed by atoms with van der Waals surface area (Å²) in [4.78, 5) is 0. The highest BCUT2D eigenvalue weighted by atomic mass is 19.4. The van der Waals surface area contributed by atoms with Crippen LogP contribution in [0.1, 0.15) is 82.3 Å². The van der Waals surface area contributed by atoms with E-state index >= 15 is 0 Å². The first-order chi connectivity index (χ1) is 17.1. The Labute approximate surface area is 208 Å². The van der Waals surface area contributed by atoms with Crippen molar-refractivity contribution in [1.29, 1.82) is 0 Å². The second kappa shape index (κ2) is 11.2. The Morgan fingerprint density at radius 3 is 2.36 bits per heavy atom. The number of benzene rings is 2. The van der Waals surface area contributed by atoms with Crippen LogP contribution in [0, 0.1) is 64.8 Å². The van der Waals surface area contributed by atoms with E-state index in [1.165, 1.54) is 56.9 Å². The minimum atomic E-state index is -4.92. The highest BCUT2D eigenvalue weighted by Crippen LogP contribution is 2.45. The van der Waals surface area contributed by atoms with Gasteiger partial charge in [0.1, 0.15) is 11.6 Å². The number of rotatable bonds is 4. The Balaban J connectivity index is 1.47. The smallest absolute Gasteiger partial charge is 0.206 e. The topological polar surface area (TPSA) is 0 Å². The van der Waals surface area contributed by atoms with Crippen LogP contribution in [0.3, 0.4) is 0 Å². The van der Waals surface area contributed by atoms with Crippen molar-refractivity contribution in [2.75, 3.05) is 0 Å². The van der Waals surface area contributed by atoms with Crippen LogP contribution in [0.5, 0.6) is 0 Å². The van der Waals surface area contributed by atoms with Crippen molar-refractivity contribution >= 4 is 10.8 Å². The first kappa shape index (κ1) is 26.5. The molecule has 0 heterocycles. The third-order valence-corrected chi connectivity index (χ3v) is 7.77.